The molecule has 0 radical (unpaired) electrons. The van der Waals surface area contributed by atoms with E-state index in [4.69, 9.17) is 23.2 Å². The molecular weight excluding hydrogens is 521 g/mol. The third kappa shape index (κ3) is 7.85. The van der Waals surface area contributed by atoms with Crippen LogP contribution in [0, 0.1) is 0 Å². The molecule has 0 aliphatic heterocycles. The molecule has 2 aromatic rings. The number of hydrogen-bond acceptors (Lipinski definition) is 4. The second-order valence-corrected chi connectivity index (χ2v) is 11.5. The van der Waals surface area contributed by atoms with Gasteiger partial charge >= 0.3 is 0 Å². The normalized spacial score (nSPS) is 13.1. The van der Waals surface area contributed by atoms with Crippen LogP contribution in [-0.2, 0) is 32.6 Å². The number of amides is 2. The van der Waals surface area contributed by atoms with Crippen molar-refractivity contribution >= 4 is 50.7 Å². The maximum absolute atomic E-state index is 13.7. The Hall–Kier alpha value is -2.29. The van der Waals surface area contributed by atoms with Gasteiger partial charge in [-0.1, -0.05) is 62.2 Å². The van der Waals surface area contributed by atoms with Gasteiger partial charge in [0.25, 0.3) is 0 Å². The van der Waals surface area contributed by atoms with Gasteiger partial charge in [-0.3, -0.25) is 13.9 Å². The van der Waals surface area contributed by atoms with Gasteiger partial charge in [-0.2, -0.15) is 0 Å². The predicted molar refractivity (Wildman–Crippen MR) is 147 cm³/mol. The highest BCUT2D eigenvalue weighted by atomic mass is 35.5. The molecular formula is C26H35Cl2N3O4S. The van der Waals surface area contributed by atoms with Gasteiger partial charge in [-0.05, 0) is 56.0 Å². The van der Waals surface area contributed by atoms with Crippen molar-refractivity contribution in [2.45, 2.75) is 65.6 Å². The van der Waals surface area contributed by atoms with E-state index in [9.17, 15) is 18.0 Å². The zero-order valence-electron chi connectivity index (χ0n) is 21.4. The fraction of sp³-hybridized carbons (Fsp3) is 0.462. The fourth-order valence-corrected chi connectivity index (χ4v) is 5.09. The van der Waals surface area contributed by atoms with Crippen molar-refractivity contribution in [3.05, 3.63) is 63.6 Å². The van der Waals surface area contributed by atoms with Gasteiger partial charge in [0.05, 0.1) is 11.9 Å². The van der Waals surface area contributed by atoms with Crippen LogP contribution in [0.1, 0.15) is 51.7 Å². The minimum absolute atomic E-state index is 0.0455. The fourth-order valence-electron chi connectivity index (χ4n) is 3.73. The van der Waals surface area contributed by atoms with Crippen LogP contribution in [0.2, 0.25) is 10.0 Å². The van der Waals surface area contributed by atoms with Crippen molar-refractivity contribution in [3.8, 4) is 0 Å². The summed E-state index contributed by atoms with van der Waals surface area (Å²) in [6, 6.07) is 11.1. The van der Waals surface area contributed by atoms with Crippen LogP contribution in [0.5, 0.6) is 0 Å². The Morgan fingerprint density at radius 1 is 0.972 bits per heavy atom. The molecule has 2 rings (SSSR count). The third-order valence-electron chi connectivity index (χ3n) is 6.09. The molecule has 0 aromatic heterocycles. The molecule has 1 N–H and O–H groups in total. The summed E-state index contributed by atoms with van der Waals surface area (Å²) in [5.41, 5.74) is 1.90. The average Bonchev–Trinajstić information content (AvgIpc) is 2.83. The zero-order chi connectivity index (χ0) is 27.0. The van der Waals surface area contributed by atoms with Crippen molar-refractivity contribution in [1.29, 1.82) is 0 Å². The van der Waals surface area contributed by atoms with E-state index < -0.39 is 28.5 Å². The van der Waals surface area contributed by atoms with E-state index in [1.54, 1.807) is 37.3 Å². The van der Waals surface area contributed by atoms with Gasteiger partial charge in [-0.25, -0.2) is 8.42 Å². The Morgan fingerprint density at radius 3 is 2.03 bits per heavy atom. The molecule has 2 amide bonds. The molecule has 0 spiro atoms. The van der Waals surface area contributed by atoms with E-state index in [0.29, 0.717) is 27.7 Å². The summed E-state index contributed by atoms with van der Waals surface area (Å²) in [5, 5.41) is 3.64. The van der Waals surface area contributed by atoms with Gasteiger partial charge in [-0.15, -0.1) is 0 Å². The number of aryl methyl sites for hydroxylation is 1. The van der Waals surface area contributed by atoms with Gasteiger partial charge in [0.15, 0.2) is 0 Å². The number of carbonyl (C=O) groups is 2. The van der Waals surface area contributed by atoms with Crippen molar-refractivity contribution in [2.75, 3.05) is 17.1 Å². The van der Waals surface area contributed by atoms with Gasteiger partial charge < -0.3 is 10.2 Å². The highest BCUT2D eigenvalue weighted by Crippen LogP contribution is 2.28. The van der Waals surface area contributed by atoms with Gasteiger partial charge in [0, 0.05) is 28.2 Å². The lowest BCUT2D eigenvalue weighted by Gasteiger charge is -2.33. The molecule has 198 valence electrons. The lowest BCUT2D eigenvalue weighted by Crippen LogP contribution is -2.53. The smallest absolute Gasteiger partial charge is 0.244 e. The SMILES string of the molecule is CCc1ccc(N(CC(=O)N(Cc2c(Cl)cccc2Cl)[C@H](CC)C(=O)N[C@H](C)CC)S(C)(=O)=O)cc1. The topological polar surface area (TPSA) is 86.8 Å². The highest BCUT2D eigenvalue weighted by molar-refractivity contribution is 7.92. The van der Waals surface area contributed by atoms with Crippen LogP contribution >= 0.6 is 23.2 Å². The van der Waals surface area contributed by atoms with Crippen molar-refractivity contribution in [3.63, 3.8) is 0 Å². The summed E-state index contributed by atoms with van der Waals surface area (Å²) in [4.78, 5) is 28.3. The second kappa shape index (κ2) is 13.3. The molecule has 0 unspecified atom stereocenters. The second-order valence-electron chi connectivity index (χ2n) is 8.75. The summed E-state index contributed by atoms with van der Waals surface area (Å²) in [7, 11) is -3.80. The van der Waals surface area contributed by atoms with E-state index in [2.05, 4.69) is 5.32 Å². The summed E-state index contributed by atoms with van der Waals surface area (Å²) in [6.07, 6.45) is 2.90. The molecule has 0 aliphatic rings. The van der Waals surface area contributed by atoms with Gasteiger partial charge in [0.2, 0.25) is 21.8 Å². The van der Waals surface area contributed by atoms with Crippen LogP contribution in [0.4, 0.5) is 5.69 Å². The Bertz CT molecular complexity index is 1140. The third-order valence-corrected chi connectivity index (χ3v) is 7.94. The molecule has 0 saturated carbocycles. The van der Waals surface area contributed by atoms with Crippen molar-refractivity contribution < 1.29 is 18.0 Å². The minimum Gasteiger partial charge on any atom is -0.352 e. The first-order chi connectivity index (χ1) is 16.9. The number of sulfonamides is 1. The highest BCUT2D eigenvalue weighted by Gasteiger charge is 2.32. The Morgan fingerprint density at radius 2 is 1.56 bits per heavy atom. The monoisotopic (exact) mass is 555 g/mol. The van der Waals surface area contributed by atoms with Crippen LogP contribution in [0.15, 0.2) is 42.5 Å². The molecule has 0 saturated heterocycles. The predicted octanol–water partition coefficient (Wildman–Crippen LogP) is 5.04. The molecule has 0 heterocycles. The number of rotatable bonds is 12. The summed E-state index contributed by atoms with van der Waals surface area (Å²) >= 11 is 12.8. The molecule has 0 aliphatic carbocycles. The Balaban J connectivity index is 2.49. The number of carbonyl (C=O) groups excluding carboxylic acids is 2. The quantitative estimate of drug-likeness (QED) is 0.397. The number of nitrogens with one attached hydrogen (secondary N) is 1. The number of benzene rings is 2. The average molecular weight is 557 g/mol. The molecule has 10 heteroatoms. The number of nitrogens with zero attached hydrogens (tertiary/aromatic N) is 2. The molecule has 7 nitrogen and oxygen atoms in total. The van der Waals surface area contributed by atoms with Crippen LogP contribution in [0.25, 0.3) is 0 Å². The van der Waals surface area contributed by atoms with Gasteiger partial charge in [0.1, 0.15) is 12.6 Å². The maximum Gasteiger partial charge on any atom is 0.244 e. The van der Waals surface area contributed by atoms with E-state index >= 15 is 0 Å². The molecule has 36 heavy (non-hydrogen) atoms. The van der Waals surface area contributed by atoms with E-state index in [1.807, 2.05) is 32.9 Å². The minimum atomic E-state index is -3.80. The van der Waals surface area contributed by atoms with E-state index in [1.165, 1.54) is 4.90 Å². The number of halogens is 2. The summed E-state index contributed by atoms with van der Waals surface area (Å²) in [6.45, 7) is 7.11. The number of hydrogen-bond donors (Lipinski definition) is 1. The van der Waals surface area contributed by atoms with E-state index in [-0.39, 0.29) is 18.5 Å². The Kier molecular flexibility index (Phi) is 11.1. The van der Waals surface area contributed by atoms with Crippen molar-refractivity contribution in [1.82, 2.24) is 10.2 Å². The molecule has 2 atom stereocenters. The van der Waals surface area contributed by atoms with Crippen LogP contribution < -0.4 is 9.62 Å². The number of anilines is 1. The first-order valence-electron chi connectivity index (χ1n) is 12.0. The molecule has 0 fully saturated rings. The standard InChI is InChI=1S/C26H35Cl2N3O4S/c1-6-18(4)29-26(33)24(8-3)30(16-21-22(27)10-9-11-23(21)28)25(32)17-31(36(5,34)35)20-14-12-19(7-2)13-15-20/h9-15,18,24H,6-8,16-17H2,1-5H3,(H,29,33)/t18-,24-/m1/s1. The lowest BCUT2D eigenvalue weighted by molar-refractivity contribution is -0.140. The lowest BCUT2D eigenvalue weighted by atomic mass is 10.1. The van der Waals surface area contributed by atoms with Crippen LogP contribution in [-0.4, -0.2) is 50.0 Å². The van der Waals surface area contributed by atoms with Crippen molar-refractivity contribution in [2.24, 2.45) is 0 Å². The van der Waals surface area contributed by atoms with Crippen LogP contribution in [0.3, 0.4) is 0 Å². The summed E-state index contributed by atoms with van der Waals surface area (Å²) < 4.78 is 26.5. The zero-order valence-corrected chi connectivity index (χ0v) is 23.8. The Labute approximate surface area is 224 Å². The summed E-state index contributed by atoms with van der Waals surface area (Å²) in [5.74, 6) is -0.858. The molecule has 0 bridgehead atoms. The molecule has 2 aromatic carbocycles. The largest absolute Gasteiger partial charge is 0.352 e. The maximum atomic E-state index is 13.7. The van der Waals surface area contributed by atoms with E-state index in [0.717, 1.165) is 29.0 Å². The first kappa shape index (κ1) is 29.9. The first-order valence-corrected chi connectivity index (χ1v) is 14.6.